The molecule has 88 valence electrons. The molecule has 5 heteroatoms. The molecule has 0 saturated carbocycles. The van der Waals surface area contributed by atoms with Crippen LogP contribution in [0, 0.1) is 5.92 Å². The van der Waals surface area contributed by atoms with E-state index in [-0.39, 0.29) is 42.4 Å². The van der Waals surface area contributed by atoms with E-state index in [0.717, 1.165) is 6.42 Å². The van der Waals surface area contributed by atoms with E-state index < -0.39 is 17.5 Å². The summed E-state index contributed by atoms with van der Waals surface area (Å²) in [4.78, 5) is 21.4. The number of carboxylic acids is 1. The number of carboxylic acid groups (broad SMARTS) is 1. The molecule has 0 aromatic rings. The van der Waals surface area contributed by atoms with Crippen molar-refractivity contribution in [1.82, 2.24) is 0 Å². The molecule has 0 amide bonds. The Bertz CT molecular complexity index is 236. The number of rotatable bonds is 6. The van der Waals surface area contributed by atoms with Gasteiger partial charge in [-0.15, -0.1) is 0 Å². The molecule has 0 fully saturated rings. The largest absolute Gasteiger partial charge is 1.00 e. The Morgan fingerprint density at radius 2 is 1.75 bits per heavy atom. The molecule has 0 N–H and O–H groups in total. The summed E-state index contributed by atoms with van der Waals surface area (Å²) in [6.45, 7) is 7.72. The zero-order chi connectivity index (χ0) is 12.1. The minimum Gasteiger partial charge on any atom is -0.550 e. The zero-order valence-electron chi connectivity index (χ0n) is 10.8. The average Bonchev–Trinajstić information content (AvgIpc) is 1.96. The maximum atomic E-state index is 11.2. The van der Waals surface area contributed by atoms with Crippen molar-refractivity contribution in [3.63, 3.8) is 0 Å². The van der Waals surface area contributed by atoms with Crippen LogP contribution in [0.2, 0.25) is 0 Å². The van der Waals surface area contributed by atoms with Gasteiger partial charge in [-0.25, -0.2) is 0 Å². The molecule has 0 aromatic heterocycles. The van der Waals surface area contributed by atoms with Crippen LogP contribution in [0.3, 0.4) is 0 Å². The van der Waals surface area contributed by atoms with Gasteiger partial charge >= 0.3 is 35.5 Å². The third kappa shape index (κ3) is 10.5. The van der Waals surface area contributed by atoms with E-state index in [2.05, 4.69) is 0 Å². The van der Waals surface area contributed by atoms with Gasteiger partial charge in [0.2, 0.25) is 0 Å². The molecule has 16 heavy (non-hydrogen) atoms. The first kappa shape index (κ1) is 18.3. The van der Waals surface area contributed by atoms with Crippen molar-refractivity contribution in [2.75, 3.05) is 0 Å². The van der Waals surface area contributed by atoms with E-state index in [0.29, 0.717) is 5.92 Å². The van der Waals surface area contributed by atoms with Gasteiger partial charge in [0.15, 0.2) is 0 Å². The number of hydrogen-bond acceptors (Lipinski definition) is 4. The van der Waals surface area contributed by atoms with Crippen LogP contribution in [0.25, 0.3) is 0 Å². The Balaban J connectivity index is 0. The van der Waals surface area contributed by atoms with Crippen LogP contribution >= 0.6 is 0 Å². The predicted octanol–water partition coefficient (Wildman–Crippen LogP) is -2.11. The summed E-state index contributed by atoms with van der Waals surface area (Å²) in [5, 5.41) is 10.1. The maximum absolute atomic E-state index is 11.2. The predicted molar refractivity (Wildman–Crippen MR) is 53.9 cm³/mol. The van der Waals surface area contributed by atoms with Crippen molar-refractivity contribution >= 4 is 11.9 Å². The molecule has 0 unspecified atom stereocenters. The first-order chi connectivity index (χ1) is 6.73. The van der Waals surface area contributed by atoms with Crippen molar-refractivity contribution in [1.29, 1.82) is 0 Å². The summed E-state index contributed by atoms with van der Waals surface area (Å²) in [6.07, 6.45) is 0.352. The number of hydrogen-bond donors (Lipinski definition) is 0. The van der Waals surface area contributed by atoms with E-state index in [1.54, 1.807) is 0 Å². The van der Waals surface area contributed by atoms with Crippen LogP contribution < -0.4 is 34.7 Å². The molecule has 0 aliphatic rings. The monoisotopic (exact) mass is 238 g/mol. The molecular weight excluding hydrogens is 219 g/mol. The Morgan fingerprint density at radius 3 is 2.12 bits per heavy atom. The van der Waals surface area contributed by atoms with E-state index in [4.69, 9.17) is 4.74 Å². The maximum Gasteiger partial charge on any atom is 1.00 e. The van der Waals surface area contributed by atoms with E-state index >= 15 is 0 Å². The molecule has 0 saturated heterocycles. The Morgan fingerprint density at radius 1 is 1.25 bits per heavy atom. The topological polar surface area (TPSA) is 66.4 Å². The first-order valence-electron chi connectivity index (χ1n) is 5.14. The minimum atomic E-state index is -1.23. The van der Waals surface area contributed by atoms with Gasteiger partial charge in [0.1, 0.15) is 5.60 Å². The number of carbonyl (C=O) groups is 2. The Hall–Kier alpha value is -0.0600. The fourth-order valence-corrected chi connectivity index (χ4v) is 1.59. The first-order valence-corrected chi connectivity index (χ1v) is 5.14. The molecule has 0 spiro atoms. The average molecular weight is 238 g/mol. The Kier molecular flexibility index (Phi) is 9.26. The molecule has 0 aliphatic carbocycles. The second-order valence-corrected chi connectivity index (χ2v) is 4.70. The van der Waals surface area contributed by atoms with E-state index in [1.807, 2.05) is 27.7 Å². The third-order valence-corrected chi connectivity index (χ3v) is 1.82. The van der Waals surface area contributed by atoms with Crippen molar-refractivity contribution in [2.24, 2.45) is 5.92 Å². The standard InChI is InChI=1S/C11H20O4.Na/c1-8(2)7-11(3,4)15-10(14)6-5-9(12)13;/h8H,5-7H2,1-4H3,(H,12,13);/q;+1/p-1. The number of ether oxygens (including phenoxy) is 1. The van der Waals surface area contributed by atoms with Crippen LogP contribution in [0.4, 0.5) is 0 Å². The minimum absolute atomic E-state index is 0. The van der Waals surface area contributed by atoms with Crippen molar-refractivity contribution in [2.45, 2.75) is 52.6 Å². The summed E-state index contributed by atoms with van der Waals surface area (Å²) >= 11 is 0. The number of carbonyl (C=O) groups excluding carboxylic acids is 2. The van der Waals surface area contributed by atoms with Gasteiger partial charge in [-0.05, 0) is 32.6 Å². The molecule has 0 bridgehead atoms. The van der Waals surface area contributed by atoms with Crippen molar-refractivity contribution < 1.29 is 49.0 Å². The van der Waals surface area contributed by atoms with Gasteiger partial charge in [0.05, 0.1) is 6.42 Å². The molecule has 0 atom stereocenters. The van der Waals surface area contributed by atoms with Crippen LogP contribution in [0.1, 0.15) is 47.0 Å². The van der Waals surface area contributed by atoms with Gasteiger partial charge in [0.25, 0.3) is 0 Å². The fourth-order valence-electron chi connectivity index (χ4n) is 1.59. The molecule has 0 aromatic carbocycles. The van der Waals surface area contributed by atoms with Gasteiger partial charge in [-0.2, -0.15) is 0 Å². The zero-order valence-corrected chi connectivity index (χ0v) is 12.8. The van der Waals surface area contributed by atoms with Crippen molar-refractivity contribution in [3.8, 4) is 0 Å². The van der Waals surface area contributed by atoms with Crippen LogP contribution in [0.5, 0.6) is 0 Å². The van der Waals surface area contributed by atoms with Gasteiger partial charge in [-0.3, -0.25) is 4.79 Å². The second kappa shape index (κ2) is 8.09. The van der Waals surface area contributed by atoms with Gasteiger partial charge in [0, 0.05) is 5.97 Å². The van der Waals surface area contributed by atoms with Crippen LogP contribution in [-0.2, 0) is 14.3 Å². The SMILES string of the molecule is CC(C)CC(C)(C)OC(=O)CCC(=O)[O-].[Na+]. The summed E-state index contributed by atoms with van der Waals surface area (Å²) < 4.78 is 5.17. The molecule has 0 radical (unpaired) electrons. The summed E-state index contributed by atoms with van der Waals surface area (Å²) in [5.74, 6) is -1.28. The quantitative estimate of drug-likeness (QED) is 0.392. The smallest absolute Gasteiger partial charge is 0.550 e. The van der Waals surface area contributed by atoms with Crippen LogP contribution in [-0.4, -0.2) is 17.5 Å². The molecule has 0 rings (SSSR count). The van der Waals surface area contributed by atoms with Gasteiger partial charge < -0.3 is 14.6 Å². The molecule has 4 nitrogen and oxygen atoms in total. The number of esters is 1. The Labute approximate surface area is 119 Å². The number of aliphatic carboxylic acids is 1. The molecule has 0 heterocycles. The van der Waals surface area contributed by atoms with Gasteiger partial charge in [-0.1, -0.05) is 13.8 Å². The fraction of sp³-hybridized carbons (Fsp3) is 0.818. The summed E-state index contributed by atoms with van der Waals surface area (Å²) in [5.41, 5.74) is -0.531. The summed E-state index contributed by atoms with van der Waals surface area (Å²) in [7, 11) is 0. The van der Waals surface area contributed by atoms with E-state index in [1.165, 1.54) is 0 Å². The van der Waals surface area contributed by atoms with Crippen molar-refractivity contribution in [3.05, 3.63) is 0 Å². The summed E-state index contributed by atoms with van der Waals surface area (Å²) in [6, 6.07) is 0. The van der Waals surface area contributed by atoms with E-state index in [9.17, 15) is 14.7 Å². The third-order valence-electron chi connectivity index (χ3n) is 1.82. The van der Waals surface area contributed by atoms with Crippen LogP contribution in [0.15, 0.2) is 0 Å². The molecule has 0 aliphatic heterocycles. The normalized spacial score (nSPS) is 10.8. The second-order valence-electron chi connectivity index (χ2n) is 4.70. The molecular formula is C11H19NaO4.